The largest absolute Gasteiger partial charge is 0.493 e. The van der Waals surface area contributed by atoms with E-state index in [1.165, 1.54) is 0 Å². The van der Waals surface area contributed by atoms with E-state index in [-0.39, 0.29) is 17.6 Å². The molecule has 1 aliphatic carbocycles. The molecule has 0 saturated carbocycles. The minimum absolute atomic E-state index is 0.0418. The number of hydrogen-bond acceptors (Lipinski definition) is 6. The first-order valence-electron chi connectivity index (χ1n) is 11.3. The third kappa shape index (κ3) is 3.92. The highest BCUT2D eigenvalue weighted by Gasteiger charge is 2.32. The molecule has 1 heterocycles. The second-order valence-corrected chi connectivity index (χ2v) is 8.44. The quantitative estimate of drug-likeness (QED) is 0.495. The summed E-state index contributed by atoms with van der Waals surface area (Å²) in [6, 6.07) is 20.2. The van der Waals surface area contributed by atoms with Gasteiger partial charge in [0.25, 0.3) is 0 Å². The smallest absolute Gasteiger partial charge is 0.193 e. The molecule has 0 amide bonds. The molecule has 3 aromatic rings. The number of carbonyl (C=O) groups is 2. The van der Waals surface area contributed by atoms with Crippen LogP contribution in [0.4, 0.5) is 11.4 Å². The first kappa shape index (κ1) is 21.8. The van der Waals surface area contributed by atoms with E-state index in [1.54, 1.807) is 14.2 Å². The number of methoxy groups -OCH3 is 2. The van der Waals surface area contributed by atoms with Crippen molar-refractivity contribution in [3.8, 4) is 11.5 Å². The summed E-state index contributed by atoms with van der Waals surface area (Å²) in [5.41, 5.74) is 5.36. The van der Waals surface area contributed by atoms with Gasteiger partial charge in [-0.05, 0) is 48.7 Å². The summed E-state index contributed by atoms with van der Waals surface area (Å²) >= 11 is 0. The minimum atomic E-state index is -0.355. The highest BCUT2D eigenvalue weighted by molar-refractivity contribution is 6.10. The van der Waals surface area contributed by atoms with Crippen molar-refractivity contribution in [2.24, 2.45) is 0 Å². The lowest BCUT2D eigenvalue weighted by Crippen LogP contribution is -2.23. The number of ketones is 2. The van der Waals surface area contributed by atoms with E-state index in [1.807, 2.05) is 66.7 Å². The van der Waals surface area contributed by atoms with Crippen LogP contribution in [0.5, 0.6) is 11.5 Å². The molecule has 2 aliphatic rings. The maximum Gasteiger partial charge on any atom is 0.193 e. The Morgan fingerprint density at radius 1 is 0.853 bits per heavy atom. The van der Waals surface area contributed by atoms with Crippen molar-refractivity contribution in [3.05, 3.63) is 94.7 Å². The van der Waals surface area contributed by atoms with Crippen molar-refractivity contribution < 1.29 is 19.1 Å². The van der Waals surface area contributed by atoms with E-state index < -0.39 is 0 Å². The maximum atomic E-state index is 13.1. The van der Waals surface area contributed by atoms with Crippen molar-refractivity contribution >= 4 is 22.9 Å². The zero-order valence-electron chi connectivity index (χ0n) is 19.2. The summed E-state index contributed by atoms with van der Waals surface area (Å²) in [5, 5.41) is 7.03. The second kappa shape index (κ2) is 9.06. The highest BCUT2D eigenvalue weighted by Crippen LogP contribution is 2.42. The lowest BCUT2D eigenvalue weighted by atomic mass is 9.86. The van der Waals surface area contributed by atoms with Crippen molar-refractivity contribution in [2.45, 2.75) is 25.3 Å². The zero-order valence-corrected chi connectivity index (χ0v) is 19.2. The molecule has 0 fully saturated rings. The summed E-state index contributed by atoms with van der Waals surface area (Å²) in [6.07, 6.45) is 2.07. The third-order valence-electron chi connectivity index (χ3n) is 6.39. The number of hydrogen-bond donors (Lipinski definition) is 2. The molecule has 0 aromatic heterocycles. The molecule has 5 rings (SSSR count). The van der Waals surface area contributed by atoms with Crippen LogP contribution in [0.1, 0.15) is 46.8 Å². The number of carbonyl (C=O) groups excluding carboxylic acids is 2. The molecule has 0 spiro atoms. The van der Waals surface area contributed by atoms with Gasteiger partial charge in [0.2, 0.25) is 0 Å². The van der Waals surface area contributed by atoms with Gasteiger partial charge in [-0.1, -0.05) is 36.4 Å². The summed E-state index contributed by atoms with van der Waals surface area (Å²) in [7, 11) is 3.20. The van der Waals surface area contributed by atoms with Gasteiger partial charge >= 0.3 is 0 Å². The van der Waals surface area contributed by atoms with Gasteiger partial charge in [-0.15, -0.1) is 0 Å². The van der Waals surface area contributed by atoms with E-state index in [0.717, 1.165) is 41.1 Å². The average Bonchev–Trinajstić information content (AvgIpc) is 3.05. The Morgan fingerprint density at radius 3 is 2.41 bits per heavy atom. The molecular weight excluding hydrogens is 428 g/mol. The molecule has 6 nitrogen and oxygen atoms in total. The molecule has 1 aliphatic heterocycles. The predicted molar refractivity (Wildman–Crippen MR) is 132 cm³/mol. The normalized spacial score (nSPS) is 17.0. The van der Waals surface area contributed by atoms with Gasteiger partial charge in [0.05, 0.1) is 31.6 Å². The number of fused-ring (bicyclic) bond motifs is 1. The molecule has 34 heavy (non-hydrogen) atoms. The van der Waals surface area contributed by atoms with Gasteiger partial charge in [-0.2, -0.15) is 0 Å². The Balaban J connectivity index is 1.58. The molecular formula is C28H26N2O4. The first-order chi connectivity index (χ1) is 16.6. The number of anilines is 2. The lowest BCUT2D eigenvalue weighted by Gasteiger charge is -2.26. The average molecular weight is 455 g/mol. The van der Waals surface area contributed by atoms with E-state index >= 15 is 0 Å². The highest BCUT2D eigenvalue weighted by atomic mass is 16.5. The number of rotatable bonds is 5. The predicted octanol–water partition coefficient (Wildman–Crippen LogP) is 5.52. The molecule has 1 atom stereocenters. The molecule has 0 bridgehead atoms. The molecule has 6 heteroatoms. The van der Waals surface area contributed by atoms with Crippen LogP contribution in [0.2, 0.25) is 0 Å². The molecule has 0 saturated heterocycles. The van der Waals surface area contributed by atoms with Crippen LogP contribution in [0.3, 0.4) is 0 Å². The van der Waals surface area contributed by atoms with Gasteiger partial charge < -0.3 is 20.1 Å². The first-order valence-corrected chi connectivity index (χ1v) is 11.3. The van der Waals surface area contributed by atoms with Crippen LogP contribution in [0, 0.1) is 0 Å². The molecule has 1 unspecified atom stereocenters. The van der Waals surface area contributed by atoms with Crippen molar-refractivity contribution in [2.75, 3.05) is 24.9 Å². The van der Waals surface area contributed by atoms with Crippen molar-refractivity contribution in [3.63, 3.8) is 0 Å². The molecule has 2 N–H and O–H groups in total. The number of benzene rings is 3. The summed E-state index contributed by atoms with van der Waals surface area (Å²) in [6.45, 7) is 0. The number of ether oxygens (including phenoxy) is 2. The maximum absolute atomic E-state index is 13.1. The summed E-state index contributed by atoms with van der Waals surface area (Å²) in [4.78, 5) is 26.1. The zero-order chi connectivity index (χ0) is 23.7. The Bertz CT molecular complexity index is 1300. The van der Waals surface area contributed by atoms with E-state index in [4.69, 9.17) is 9.47 Å². The minimum Gasteiger partial charge on any atom is -0.493 e. The lowest BCUT2D eigenvalue weighted by molar-refractivity contribution is -0.116. The van der Waals surface area contributed by atoms with Crippen LogP contribution >= 0.6 is 0 Å². The molecule has 3 aromatic carbocycles. The third-order valence-corrected chi connectivity index (χ3v) is 6.39. The topological polar surface area (TPSA) is 76.7 Å². The van der Waals surface area contributed by atoms with Crippen LogP contribution in [-0.4, -0.2) is 25.8 Å². The van der Waals surface area contributed by atoms with E-state index in [2.05, 4.69) is 10.6 Å². The monoisotopic (exact) mass is 454 g/mol. The number of nitrogens with one attached hydrogen (secondary N) is 2. The molecule has 0 radical (unpaired) electrons. The van der Waals surface area contributed by atoms with E-state index in [9.17, 15) is 9.59 Å². The van der Waals surface area contributed by atoms with Crippen LogP contribution in [-0.2, 0) is 4.79 Å². The molecule has 172 valence electrons. The van der Waals surface area contributed by atoms with Crippen LogP contribution < -0.4 is 20.1 Å². The Kier molecular flexibility index (Phi) is 5.80. The van der Waals surface area contributed by atoms with Gasteiger partial charge in [0, 0.05) is 28.8 Å². The Morgan fingerprint density at radius 2 is 1.65 bits per heavy atom. The van der Waals surface area contributed by atoms with Gasteiger partial charge in [0.15, 0.2) is 23.1 Å². The fourth-order valence-corrected chi connectivity index (χ4v) is 4.67. The van der Waals surface area contributed by atoms with Gasteiger partial charge in [-0.25, -0.2) is 0 Å². The SMILES string of the molecule is COc1ccc(C2Nc3ccc(C(=O)c4ccccc4)cc3NC3=C2C(=O)CCC3)cc1OC. The van der Waals surface area contributed by atoms with Crippen molar-refractivity contribution in [1.29, 1.82) is 0 Å². The van der Waals surface area contributed by atoms with Crippen LogP contribution in [0.15, 0.2) is 78.0 Å². The number of allylic oxidation sites excluding steroid dienone is 1. The fraction of sp³-hybridized carbons (Fsp3) is 0.214. The Hall–Kier alpha value is -4.06. The standard InChI is InChI=1S/C28H26N2O4/c1-33-24-14-12-18(16-25(24)34-2)27-26-21(9-6-10-23(26)31)29-22-15-19(11-13-20(22)30-27)28(32)17-7-4-3-5-8-17/h3-5,7-8,11-16,27,29-30H,6,9-10H2,1-2H3. The van der Waals surface area contributed by atoms with Crippen molar-refractivity contribution in [1.82, 2.24) is 0 Å². The van der Waals surface area contributed by atoms with E-state index in [0.29, 0.717) is 29.0 Å². The summed E-state index contributed by atoms with van der Waals surface area (Å²) in [5.74, 6) is 1.31. The number of Topliss-reactive ketones (excluding diaryl/α,β-unsaturated/α-hetero) is 1. The van der Waals surface area contributed by atoms with Gasteiger partial charge in [-0.3, -0.25) is 9.59 Å². The second-order valence-electron chi connectivity index (χ2n) is 8.44. The Labute approximate surface area is 198 Å². The fourth-order valence-electron chi connectivity index (χ4n) is 4.67. The van der Waals surface area contributed by atoms with Crippen LogP contribution in [0.25, 0.3) is 0 Å². The van der Waals surface area contributed by atoms with Gasteiger partial charge in [0.1, 0.15) is 0 Å². The summed E-state index contributed by atoms with van der Waals surface area (Å²) < 4.78 is 10.9.